The molecule has 78 valence electrons. The van der Waals surface area contributed by atoms with E-state index in [-0.39, 0.29) is 12.6 Å². The molecule has 0 radical (unpaired) electrons. The molecule has 0 aromatic heterocycles. The summed E-state index contributed by atoms with van der Waals surface area (Å²) in [6.07, 6.45) is 0.951. The Bertz CT molecular complexity index is 256. The van der Waals surface area contributed by atoms with Crippen LogP contribution in [0.15, 0.2) is 28.7 Å². The number of rotatable bonds is 5. The van der Waals surface area contributed by atoms with E-state index >= 15 is 0 Å². The van der Waals surface area contributed by atoms with Crippen LogP contribution in [0.5, 0.6) is 0 Å². The Morgan fingerprint density at radius 2 is 2.00 bits per heavy atom. The van der Waals surface area contributed by atoms with E-state index in [9.17, 15) is 0 Å². The van der Waals surface area contributed by atoms with Crippen molar-refractivity contribution in [3.8, 4) is 0 Å². The smallest absolute Gasteiger partial charge is 0.0584 e. The maximum Gasteiger partial charge on any atom is 0.0584 e. The normalized spacial score (nSPS) is 12.8. The third-order valence-electron chi connectivity index (χ3n) is 2.22. The van der Waals surface area contributed by atoms with Crippen molar-refractivity contribution in [2.24, 2.45) is 0 Å². The van der Waals surface area contributed by atoms with Crippen LogP contribution >= 0.6 is 15.9 Å². The summed E-state index contributed by atoms with van der Waals surface area (Å²) in [5.41, 5.74) is 1.24. The lowest BCUT2D eigenvalue weighted by Gasteiger charge is -2.13. The van der Waals surface area contributed by atoms with Gasteiger partial charge in [-0.05, 0) is 24.1 Å². The van der Waals surface area contributed by atoms with E-state index in [0.29, 0.717) is 0 Å². The zero-order valence-corrected chi connectivity index (χ0v) is 9.92. The van der Waals surface area contributed by atoms with Gasteiger partial charge in [0.25, 0.3) is 0 Å². The number of aliphatic hydroxyl groups excluding tert-OH is 1. The van der Waals surface area contributed by atoms with Crippen LogP contribution in [-0.2, 0) is 6.54 Å². The van der Waals surface area contributed by atoms with Crippen LogP contribution in [0.2, 0.25) is 0 Å². The predicted octanol–water partition coefficient (Wildman–Crippen LogP) is 2.31. The lowest BCUT2D eigenvalue weighted by molar-refractivity contribution is 0.238. The van der Waals surface area contributed by atoms with E-state index in [2.05, 4.69) is 40.3 Å². The highest BCUT2D eigenvalue weighted by Crippen LogP contribution is 2.10. The zero-order valence-electron chi connectivity index (χ0n) is 8.33. The van der Waals surface area contributed by atoms with Crippen molar-refractivity contribution >= 4 is 15.9 Å². The highest BCUT2D eigenvalue weighted by Gasteiger charge is 2.02. The molecule has 1 aromatic carbocycles. The second-order valence-corrected chi connectivity index (χ2v) is 4.21. The van der Waals surface area contributed by atoms with Crippen LogP contribution in [-0.4, -0.2) is 17.8 Å². The summed E-state index contributed by atoms with van der Waals surface area (Å²) in [5, 5.41) is 12.3. The quantitative estimate of drug-likeness (QED) is 0.849. The van der Waals surface area contributed by atoms with E-state index in [1.165, 1.54) is 5.56 Å². The van der Waals surface area contributed by atoms with Gasteiger partial charge in [0, 0.05) is 17.1 Å². The van der Waals surface area contributed by atoms with Gasteiger partial charge in [0.2, 0.25) is 0 Å². The number of benzene rings is 1. The van der Waals surface area contributed by atoms with Crippen LogP contribution in [0.3, 0.4) is 0 Å². The van der Waals surface area contributed by atoms with Crippen molar-refractivity contribution in [3.63, 3.8) is 0 Å². The molecule has 14 heavy (non-hydrogen) atoms. The third kappa shape index (κ3) is 3.78. The van der Waals surface area contributed by atoms with Crippen LogP contribution in [0, 0.1) is 0 Å². The molecule has 2 N–H and O–H groups in total. The standard InChI is InChI=1S/C11H16BrNO/c1-2-11(8-14)13-7-9-3-5-10(12)6-4-9/h3-6,11,13-14H,2,7-8H2,1H3/t11-/m1/s1. The second-order valence-electron chi connectivity index (χ2n) is 3.30. The Morgan fingerprint density at radius 1 is 1.36 bits per heavy atom. The van der Waals surface area contributed by atoms with Gasteiger partial charge in [-0.15, -0.1) is 0 Å². The summed E-state index contributed by atoms with van der Waals surface area (Å²) >= 11 is 3.39. The molecule has 1 aromatic rings. The zero-order chi connectivity index (χ0) is 10.4. The fraction of sp³-hybridized carbons (Fsp3) is 0.455. The van der Waals surface area contributed by atoms with Gasteiger partial charge in [0.15, 0.2) is 0 Å². The van der Waals surface area contributed by atoms with Gasteiger partial charge < -0.3 is 10.4 Å². The Hall–Kier alpha value is -0.380. The molecule has 0 amide bonds. The van der Waals surface area contributed by atoms with E-state index in [4.69, 9.17) is 5.11 Å². The van der Waals surface area contributed by atoms with Crippen LogP contribution in [0.4, 0.5) is 0 Å². The average molecular weight is 258 g/mol. The first-order valence-electron chi connectivity index (χ1n) is 4.85. The molecule has 1 atom stereocenters. The lowest BCUT2D eigenvalue weighted by Crippen LogP contribution is -2.31. The summed E-state index contributed by atoms with van der Waals surface area (Å²) in [7, 11) is 0. The molecular weight excluding hydrogens is 242 g/mol. The van der Waals surface area contributed by atoms with Gasteiger partial charge in [-0.3, -0.25) is 0 Å². The SMILES string of the molecule is CC[C@H](CO)NCc1ccc(Br)cc1. The molecule has 1 rings (SSSR count). The lowest BCUT2D eigenvalue weighted by atomic mass is 10.2. The number of halogens is 1. The van der Waals surface area contributed by atoms with Crippen molar-refractivity contribution in [1.82, 2.24) is 5.32 Å². The maximum atomic E-state index is 8.98. The first-order valence-corrected chi connectivity index (χ1v) is 5.64. The highest BCUT2D eigenvalue weighted by atomic mass is 79.9. The number of hydrogen-bond donors (Lipinski definition) is 2. The molecule has 0 aliphatic rings. The Labute approximate surface area is 93.5 Å². The summed E-state index contributed by atoms with van der Waals surface area (Å²) in [5.74, 6) is 0. The summed E-state index contributed by atoms with van der Waals surface area (Å²) in [6.45, 7) is 3.08. The van der Waals surface area contributed by atoms with Crippen LogP contribution in [0.25, 0.3) is 0 Å². The molecule has 0 spiro atoms. The summed E-state index contributed by atoms with van der Waals surface area (Å²) in [4.78, 5) is 0. The number of aliphatic hydroxyl groups is 1. The topological polar surface area (TPSA) is 32.3 Å². The molecular formula is C11H16BrNO. The fourth-order valence-electron chi connectivity index (χ4n) is 1.20. The summed E-state index contributed by atoms with van der Waals surface area (Å²) in [6, 6.07) is 8.40. The molecule has 0 saturated heterocycles. The average Bonchev–Trinajstić information content (AvgIpc) is 2.22. The van der Waals surface area contributed by atoms with Gasteiger partial charge in [-0.1, -0.05) is 35.0 Å². The number of nitrogens with one attached hydrogen (secondary N) is 1. The molecule has 0 aliphatic heterocycles. The minimum Gasteiger partial charge on any atom is -0.395 e. The molecule has 0 bridgehead atoms. The Kier molecular flexibility index (Phi) is 5.15. The van der Waals surface area contributed by atoms with Crippen molar-refractivity contribution in [2.75, 3.05) is 6.61 Å². The largest absolute Gasteiger partial charge is 0.395 e. The van der Waals surface area contributed by atoms with Gasteiger partial charge >= 0.3 is 0 Å². The van der Waals surface area contributed by atoms with Crippen molar-refractivity contribution in [2.45, 2.75) is 25.9 Å². The molecule has 0 saturated carbocycles. The minimum atomic E-state index is 0.201. The van der Waals surface area contributed by atoms with E-state index < -0.39 is 0 Å². The molecule has 2 nitrogen and oxygen atoms in total. The third-order valence-corrected chi connectivity index (χ3v) is 2.75. The van der Waals surface area contributed by atoms with Crippen molar-refractivity contribution in [3.05, 3.63) is 34.3 Å². The fourth-order valence-corrected chi connectivity index (χ4v) is 1.47. The van der Waals surface area contributed by atoms with Crippen molar-refractivity contribution < 1.29 is 5.11 Å². The van der Waals surface area contributed by atoms with E-state index in [1.54, 1.807) is 0 Å². The molecule has 0 fully saturated rings. The second kappa shape index (κ2) is 6.17. The van der Waals surface area contributed by atoms with Crippen molar-refractivity contribution in [1.29, 1.82) is 0 Å². The van der Waals surface area contributed by atoms with Gasteiger partial charge in [0.1, 0.15) is 0 Å². The number of hydrogen-bond acceptors (Lipinski definition) is 2. The first-order chi connectivity index (χ1) is 6.76. The predicted molar refractivity (Wildman–Crippen MR) is 62.1 cm³/mol. The highest BCUT2D eigenvalue weighted by molar-refractivity contribution is 9.10. The maximum absolute atomic E-state index is 8.98. The van der Waals surface area contributed by atoms with Gasteiger partial charge in [-0.2, -0.15) is 0 Å². The molecule has 0 unspecified atom stereocenters. The van der Waals surface area contributed by atoms with Crippen LogP contribution < -0.4 is 5.32 Å². The van der Waals surface area contributed by atoms with Gasteiger partial charge in [0.05, 0.1) is 6.61 Å². The Balaban J connectivity index is 2.41. The van der Waals surface area contributed by atoms with E-state index in [0.717, 1.165) is 17.4 Å². The minimum absolute atomic E-state index is 0.201. The molecule has 3 heteroatoms. The molecule has 0 heterocycles. The Morgan fingerprint density at radius 3 is 2.50 bits per heavy atom. The molecule has 0 aliphatic carbocycles. The monoisotopic (exact) mass is 257 g/mol. The van der Waals surface area contributed by atoms with Gasteiger partial charge in [-0.25, -0.2) is 0 Å². The first kappa shape index (κ1) is 11.7. The van der Waals surface area contributed by atoms with E-state index in [1.807, 2.05) is 12.1 Å². The summed E-state index contributed by atoms with van der Waals surface area (Å²) < 4.78 is 1.09. The van der Waals surface area contributed by atoms with Crippen LogP contribution in [0.1, 0.15) is 18.9 Å².